The van der Waals surface area contributed by atoms with E-state index >= 15 is 0 Å². The summed E-state index contributed by atoms with van der Waals surface area (Å²) >= 11 is 0. The number of ether oxygens (including phenoxy) is 2. The number of nitrogens with zero attached hydrogens (tertiary/aromatic N) is 2. The van der Waals surface area contributed by atoms with E-state index in [2.05, 4.69) is 24.2 Å². The van der Waals surface area contributed by atoms with Gasteiger partial charge in [0, 0.05) is 43.4 Å². The molecule has 242 valence electrons. The number of carbonyl (C=O) groups excluding carboxylic acids is 2. The van der Waals surface area contributed by atoms with Crippen LogP contribution in [0.4, 0.5) is 5.69 Å². The van der Waals surface area contributed by atoms with Crippen molar-refractivity contribution in [3.8, 4) is 5.75 Å². The molecular formula is C36H53N3O5. The minimum absolute atomic E-state index is 0.0361. The van der Waals surface area contributed by atoms with Gasteiger partial charge in [-0.05, 0) is 89.2 Å². The van der Waals surface area contributed by atoms with Gasteiger partial charge in [0.2, 0.25) is 0 Å². The smallest absolute Gasteiger partial charge is 0.258 e. The number of anilines is 1. The van der Waals surface area contributed by atoms with Gasteiger partial charge in [-0.2, -0.15) is 0 Å². The summed E-state index contributed by atoms with van der Waals surface area (Å²) in [5, 5.41) is 13.2. The molecule has 0 saturated heterocycles. The lowest BCUT2D eigenvalue weighted by molar-refractivity contribution is -0.0190. The van der Waals surface area contributed by atoms with Gasteiger partial charge in [-0.1, -0.05) is 44.4 Å². The number of nitrogens with one attached hydrogen (secondary N) is 1. The molecule has 2 aliphatic rings. The maximum atomic E-state index is 14.3. The number of carbonyl (C=O) groups is 2. The molecule has 1 fully saturated rings. The quantitative estimate of drug-likeness (QED) is 0.369. The standard InChI is InChI=1S/C36H53N3O5/c1-26-22-39(27(2)25-40)36(42)32-21-31(37-35(41)30-16-9-6-10-17-30)18-19-33(32)44-28(3)13-11-12-20-43-34(26)24-38(4)23-29-14-7-5-8-15-29/h6,9-10,16-19,21,26-29,34,40H,5,7-8,11-15,20,22-25H2,1-4H3,(H,37,41)/t26-,27-,28+,34-/m0/s1. The van der Waals surface area contributed by atoms with E-state index in [4.69, 9.17) is 9.47 Å². The zero-order chi connectivity index (χ0) is 31.5. The molecule has 2 aromatic carbocycles. The second-order valence-corrected chi connectivity index (χ2v) is 13.1. The molecule has 8 nitrogen and oxygen atoms in total. The Hall–Kier alpha value is -2.94. The lowest BCUT2D eigenvalue weighted by Gasteiger charge is -2.36. The number of amides is 2. The van der Waals surface area contributed by atoms with Gasteiger partial charge in [-0.25, -0.2) is 0 Å². The maximum Gasteiger partial charge on any atom is 0.258 e. The molecule has 2 amide bonds. The summed E-state index contributed by atoms with van der Waals surface area (Å²) in [6.45, 7) is 8.84. The van der Waals surface area contributed by atoms with Crippen LogP contribution < -0.4 is 10.1 Å². The molecule has 8 heteroatoms. The van der Waals surface area contributed by atoms with Crippen molar-refractivity contribution in [2.24, 2.45) is 11.8 Å². The number of hydrogen-bond acceptors (Lipinski definition) is 6. The third-order valence-electron chi connectivity index (χ3n) is 9.13. The number of benzene rings is 2. The number of likely N-dealkylation sites (N-methyl/N-ethyl adjacent to an activating group) is 1. The largest absolute Gasteiger partial charge is 0.490 e. The van der Waals surface area contributed by atoms with Crippen LogP contribution in [-0.2, 0) is 4.74 Å². The van der Waals surface area contributed by atoms with E-state index in [-0.39, 0.29) is 36.5 Å². The summed E-state index contributed by atoms with van der Waals surface area (Å²) in [5.41, 5.74) is 1.42. The number of aliphatic hydroxyl groups excluding tert-OH is 1. The van der Waals surface area contributed by atoms with Crippen molar-refractivity contribution in [3.05, 3.63) is 59.7 Å². The Balaban J connectivity index is 1.59. The molecule has 2 aromatic rings. The minimum Gasteiger partial charge on any atom is -0.490 e. The summed E-state index contributed by atoms with van der Waals surface area (Å²) in [6, 6.07) is 13.8. The molecule has 1 saturated carbocycles. The Bertz CT molecular complexity index is 1190. The van der Waals surface area contributed by atoms with Gasteiger partial charge in [-0.15, -0.1) is 0 Å². The van der Waals surface area contributed by atoms with Crippen molar-refractivity contribution in [1.29, 1.82) is 0 Å². The Morgan fingerprint density at radius 2 is 1.75 bits per heavy atom. The monoisotopic (exact) mass is 607 g/mol. The van der Waals surface area contributed by atoms with Crippen LogP contribution in [-0.4, -0.2) is 84.9 Å². The molecule has 4 atom stereocenters. The predicted molar refractivity (Wildman–Crippen MR) is 175 cm³/mol. The first-order chi connectivity index (χ1) is 21.2. The molecule has 1 heterocycles. The molecular weight excluding hydrogens is 554 g/mol. The molecule has 1 aliphatic carbocycles. The Morgan fingerprint density at radius 3 is 2.48 bits per heavy atom. The van der Waals surface area contributed by atoms with Gasteiger partial charge in [0.05, 0.1) is 30.4 Å². The van der Waals surface area contributed by atoms with Crippen molar-refractivity contribution in [3.63, 3.8) is 0 Å². The van der Waals surface area contributed by atoms with E-state index in [1.807, 2.05) is 32.0 Å². The fourth-order valence-electron chi connectivity index (χ4n) is 6.45. The molecule has 44 heavy (non-hydrogen) atoms. The molecule has 0 radical (unpaired) electrons. The summed E-state index contributed by atoms with van der Waals surface area (Å²) < 4.78 is 12.9. The normalized spacial score (nSPS) is 23.4. The Kier molecular flexibility index (Phi) is 13.1. The van der Waals surface area contributed by atoms with Crippen molar-refractivity contribution in [2.45, 2.75) is 90.4 Å². The predicted octanol–water partition coefficient (Wildman–Crippen LogP) is 6.25. The zero-order valence-corrected chi connectivity index (χ0v) is 27.2. The number of aliphatic hydroxyl groups is 1. The summed E-state index contributed by atoms with van der Waals surface area (Å²) in [4.78, 5) is 31.4. The van der Waals surface area contributed by atoms with Crippen LogP contribution in [0.25, 0.3) is 0 Å². The molecule has 0 spiro atoms. The second-order valence-electron chi connectivity index (χ2n) is 13.1. The average molecular weight is 608 g/mol. The molecule has 2 N–H and O–H groups in total. The van der Waals surface area contributed by atoms with E-state index in [0.717, 1.165) is 38.3 Å². The molecule has 4 rings (SSSR count). The van der Waals surface area contributed by atoms with Gasteiger partial charge in [-0.3, -0.25) is 9.59 Å². The highest BCUT2D eigenvalue weighted by molar-refractivity contribution is 6.05. The highest BCUT2D eigenvalue weighted by Crippen LogP contribution is 2.29. The topological polar surface area (TPSA) is 91.3 Å². The molecule has 1 aliphatic heterocycles. The fourth-order valence-corrected chi connectivity index (χ4v) is 6.45. The Labute approximate surface area is 264 Å². The first kappa shape index (κ1) is 33.9. The SMILES string of the molecule is C[C@@H]1CCCCO[C@@H](CN(C)CC2CCCCC2)[C@@H](C)CN([C@@H](C)CO)C(=O)c2cc(NC(=O)c3ccccc3)ccc2O1. The second kappa shape index (κ2) is 16.9. The first-order valence-electron chi connectivity index (χ1n) is 16.6. The molecule has 0 aromatic heterocycles. The minimum atomic E-state index is -0.411. The highest BCUT2D eigenvalue weighted by atomic mass is 16.5. The van der Waals surface area contributed by atoms with Gasteiger partial charge in [0.1, 0.15) is 5.75 Å². The van der Waals surface area contributed by atoms with Crippen LogP contribution >= 0.6 is 0 Å². The van der Waals surface area contributed by atoms with Crippen molar-refractivity contribution >= 4 is 17.5 Å². The van der Waals surface area contributed by atoms with E-state index in [9.17, 15) is 14.7 Å². The van der Waals surface area contributed by atoms with Gasteiger partial charge in [0.25, 0.3) is 11.8 Å². The van der Waals surface area contributed by atoms with Gasteiger partial charge in [0.15, 0.2) is 0 Å². The van der Waals surface area contributed by atoms with E-state index in [0.29, 0.717) is 35.7 Å². The lowest BCUT2D eigenvalue weighted by Crippen LogP contribution is -2.47. The van der Waals surface area contributed by atoms with Crippen LogP contribution in [0, 0.1) is 11.8 Å². The number of hydrogen-bond donors (Lipinski definition) is 2. The van der Waals surface area contributed by atoms with Crippen LogP contribution in [0.1, 0.15) is 92.9 Å². The van der Waals surface area contributed by atoms with Crippen LogP contribution in [0.5, 0.6) is 5.75 Å². The van der Waals surface area contributed by atoms with Crippen molar-refractivity contribution in [2.75, 3.05) is 45.2 Å². The first-order valence-corrected chi connectivity index (χ1v) is 16.6. The fraction of sp³-hybridized carbons (Fsp3) is 0.611. The number of fused-ring (bicyclic) bond motifs is 1. The molecule has 0 bridgehead atoms. The van der Waals surface area contributed by atoms with Gasteiger partial charge < -0.3 is 29.7 Å². The summed E-state index contributed by atoms with van der Waals surface area (Å²) in [5.74, 6) is 0.779. The summed E-state index contributed by atoms with van der Waals surface area (Å²) in [6.07, 6.45) is 9.19. The highest BCUT2D eigenvalue weighted by Gasteiger charge is 2.31. The van der Waals surface area contributed by atoms with E-state index in [1.165, 1.54) is 32.1 Å². The molecule has 0 unspecified atom stereocenters. The van der Waals surface area contributed by atoms with E-state index < -0.39 is 6.04 Å². The van der Waals surface area contributed by atoms with Crippen molar-refractivity contribution in [1.82, 2.24) is 9.80 Å². The van der Waals surface area contributed by atoms with Crippen LogP contribution in [0.15, 0.2) is 48.5 Å². The third-order valence-corrected chi connectivity index (χ3v) is 9.13. The zero-order valence-electron chi connectivity index (χ0n) is 27.2. The van der Waals surface area contributed by atoms with Crippen LogP contribution in [0.3, 0.4) is 0 Å². The Morgan fingerprint density at radius 1 is 1.02 bits per heavy atom. The number of rotatable bonds is 8. The average Bonchev–Trinajstić information content (AvgIpc) is 3.03. The third kappa shape index (κ3) is 9.78. The van der Waals surface area contributed by atoms with Crippen molar-refractivity contribution < 1.29 is 24.2 Å². The van der Waals surface area contributed by atoms with Crippen LogP contribution in [0.2, 0.25) is 0 Å². The lowest BCUT2D eigenvalue weighted by atomic mass is 9.89. The van der Waals surface area contributed by atoms with E-state index in [1.54, 1.807) is 35.2 Å². The summed E-state index contributed by atoms with van der Waals surface area (Å²) in [7, 11) is 2.19. The maximum absolute atomic E-state index is 14.3. The van der Waals surface area contributed by atoms with Gasteiger partial charge >= 0.3 is 0 Å².